The molecule has 0 bridgehead atoms. The average molecular weight is 216 g/mol. The summed E-state index contributed by atoms with van der Waals surface area (Å²) in [4.78, 5) is 0. The number of hydrogen-bond acceptors (Lipinski definition) is 4. The van der Waals surface area contributed by atoms with Crippen LogP contribution in [0.25, 0.3) is 0 Å². The Bertz CT molecular complexity index is 246. The summed E-state index contributed by atoms with van der Waals surface area (Å²) in [7, 11) is 3.51. The van der Waals surface area contributed by atoms with Gasteiger partial charge in [-0.05, 0) is 0 Å². The van der Waals surface area contributed by atoms with E-state index in [1.807, 2.05) is 5.38 Å². The van der Waals surface area contributed by atoms with Gasteiger partial charge in [0.15, 0.2) is 17.6 Å². The van der Waals surface area contributed by atoms with Gasteiger partial charge >= 0.3 is 20.7 Å². The molecule has 8 heavy (non-hydrogen) atoms. The molecule has 0 radical (unpaired) electrons. The molecule has 1 aromatic rings. The minimum atomic E-state index is -0.308. The first kappa shape index (κ1) is 7.33. The maximum absolute atomic E-state index is 5.06. The maximum atomic E-state index is 5.06. The second-order valence-electron chi connectivity index (χ2n) is 0.981. The molecule has 2 unspecified atom stereocenters. The number of hydrogen-bond donors (Lipinski definition) is 0. The topological polar surface area (TPSA) is 0 Å². The second-order valence-corrected chi connectivity index (χ2v) is 14.0. The lowest BCUT2D eigenvalue weighted by atomic mass is 11.2. The monoisotopic (exact) mass is 216 g/mol. The van der Waals surface area contributed by atoms with Gasteiger partial charge in [-0.3, -0.25) is 0 Å². The Balaban J connectivity index is 3.50. The molecule has 1 heterocycles. The highest BCUT2D eigenvalue weighted by Crippen LogP contribution is 2.39. The zero-order chi connectivity index (χ0) is 5.98. The zero-order valence-electron chi connectivity index (χ0n) is 3.68. The van der Waals surface area contributed by atoms with E-state index in [-0.39, 0.29) is 10.2 Å². The van der Waals surface area contributed by atoms with Crippen LogP contribution < -0.4 is 0 Å². The molecular weight excluding hydrogens is 214 g/mol. The Labute approximate surface area is 66.2 Å². The van der Waals surface area contributed by atoms with Crippen molar-refractivity contribution in [1.29, 1.82) is 0 Å². The van der Waals surface area contributed by atoms with Gasteiger partial charge in [-0.15, -0.1) is 0 Å². The van der Waals surface area contributed by atoms with Crippen LogP contribution in [0, 0.1) is 0 Å². The summed E-state index contributed by atoms with van der Waals surface area (Å²) in [6.07, 6.45) is 0. The maximum Gasteiger partial charge on any atom is 0.414 e. The molecule has 0 saturated heterocycles. The molecule has 0 aliphatic rings. The lowest BCUT2D eigenvalue weighted by Crippen LogP contribution is -1.22. The van der Waals surface area contributed by atoms with E-state index >= 15 is 0 Å². The van der Waals surface area contributed by atoms with Crippen LogP contribution in [0.3, 0.4) is 0 Å². The fourth-order valence-electron chi connectivity index (χ4n) is 0.239. The average Bonchev–Trinajstić information content (AvgIpc) is 1.64. The molecule has 0 aliphatic carbocycles. The molecule has 0 spiro atoms. The number of rotatable bonds is 0. The summed E-state index contributed by atoms with van der Waals surface area (Å²) in [5.74, 6) is 2.07. The Kier molecular flexibility index (Phi) is 3.12. The highest BCUT2D eigenvalue weighted by atomic mass is 33.1. The molecule has 0 fully saturated rings. The van der Waals surface area contributed by atoms with Gasteiger partial charge in [0.2, 0.25) is 11.8 Å². The van der Waals surface area contributed by atoms with Crippen LogP contribution in [0.15, 0.2) is 11.2 Å². The Morgan fingerprint density at radius 1 is 1.38 bits per heavy atom. The third-order valence-electron chi connectivity index (χ3n) is 0.477. The SMILES string of the molecule is S=[p+]1ccs[p+](=S)s1. The summed E-state index contributed by atoms with van der Waals surface area (Å²) in [6.45, 7) is 0. The van der Waals surface area contributed by atoms with Crippen molar-refractivity contribution >= 4 is 55.3 Å². The van der Waals surface area contributed by atoms with Gasteiger partial charge in [-0.25, -0.2) is 0 Å². The van der Waals surface area contributed by atoms with Gasteiger partial charge in [-0.1, -0.05) is 0 Å². The molecular formula is C2H2P2S4+2. The van der Waals surface area contributed by atoms with Crippen LogP contribution in [-0.4, -0.2) is 0 Å². The molecule has 6 heteroatoms. The van der Waals surface area contributed by atoms with E-state index < -0.39 is 0 Å². The molecule has 42 valence electrons. The van der Waals surface area contributed by atoms with Crippen LogP contribution >= 0.6 is 55.3 Å². The van der Waals surface area contributed by atoms with Crippen molar-refractivity contribution in [2.75, 3.05) is 0 Å². The minimum absolute atomic E-state index is 0.276. The van der Waals surface area contributed by atoms with Crippen LogP contribution in [0.4, 0.5) is 0 Å². The van der Waals surface area contributed by atoms with E-state index in [0.717, 1.165) is 0 Å². The molecule has 0 saturated carbocycles. The smallest absolute Gasteiger partial charge is 0.0813 e. The molecule has 1 aromatic heterocycles. The van der Waals surface area contributed by atoms with E-state index in [4.69, 9.17) is 23.6 Å². The molecule has 0 N–H and O–H groups in total. The summed E-state index contributed by atoms with van der Waals surface area (Å²) >= 11 is 10.1. The fourth-order valence-corrected chi connectivity index (χ4v) is 15.4. The first-order valence-electron chi connectivity index (χ1n) is 1.74. The molecule has 1 rings (SSSR count). The first-order chi connectivity index (χ1) is 3.79. The normalized spacial score (nSPS) is 13.5. The fraction of sp³-hybridized carbons (Fsp3) is 0. The Morgan fingerprint density at radius 3 is 2.50 bits per heavy atom. The lowest BCUT2D eigenvalue weighted by Gasteiger charge is -1.50. The highest BCUT2D eigenvalue weighted by molar-refractivity contribution is 8.51. The first-order valence-corrected chi connectivity index (χ1v) is 10.0. The standard InChI is InChI=1S/C2H2P2S4/c5-3-1-2-7-4(6)8-3/h1-2H/q+2. The zero-order valence-corrected chi connectivity index (χ0v) is 8.74. The molecule has 0 aliphatic heterocycles. The van der Waals surface area contributed by atoms with Gasteiger partial charge in [0.25, 0.3) is 0 Å². The summed E-state index contributed by atoms with van der Waals surface area (Å²) in [6, 6.07) is 0. The largest absolute Gasteiger partial charge is 0.414 e. The quantitative estimate of drug-likeness (QED) is 0.609. The van der Waals surface area contributed by atoms with E-state index in [9.17, 15) is 0 Å². The summed E-state index contributed by atoms with van der Waals surface area (Å²) < 4.78 is -0.276. The van der Waals surface area contributed by atoms with Crippen molar-refractivity contribution in [2.24, 2.45) is 0 Å². The van der Waals surface area contributed by atoms with Gasteiger partial charge in [-0.2, -0.15) is 0 Å². The van der Waals surface area contributed by atoms with Gasteiger partial charge in [0, 0.05) is 0 Å². The van der Waals surface area contributed by atoms with E-state index in [0.29, 0.717) is 0 Å². The van der Waals surface area contributed by atoms with Crippen molar-refractivity contribution in [2.45, 2.75) is 0 Å². The van der Waals surface area contributed by atoms with Gasteiger partial charge in [0.05, 0.1) is 16.3 Å². The van der Waals surface area contributed by atoms with Crippen molar-refractivity contribution in [3.05, 3.63) is 11.2 Å². The van der Waals surface area contributed by atoms with Gasteiger partial charge in [0.1, 0.15) is 0 Å². The predicted molar refractivity (Wildman–Crippen MR) is 51.2 cm³/mol. The van der Waals surface area contributed by atoms with Crippen molar-refractivity contribution < 1.29 is 0 Å². The summed E-state index contributed by atoms with van der Waals surface area (Å²) in [5.41, 5.74) is -0.308. The molecule has 2 atom stereocenters. The van der Waals surface area contributed by atoms with Gasteiger partial charge < -0.3 is 0 Å². The van der Waals surface area contributed by atoms with Crippen LogP contribution in [0.2, 0.25) is 0 Å². The van der Waals surface area contributed by atoms with E-state index in [1.54, 1.807) is 21.5 Å². The molecule has 0 nitrogen and oxygen atoms in total. The van der Waals surface area contributed by atoms with E-state index in [2.05, 4.69) is 5.80 Å². The summed E-state index contributed by atoms with van der Waals surface area (Å²) in [5, 5.41) is 2.05. The second kappa shape index (κ2) is 3.40. The third-order valence-corrected chi connectivity index (χ3v) is 13.9. The predicted octanol–water partition coefficient (Wildman–Crippen LogP) is 4.83. The molecule has 0 aromatic carbocycles. The van der Waals surface area contributed by atoms with E-state index in [1.165, 1.54) is 0 Å². The van der Waals surface area contributed by atoms with Crippen LogP contribution in [0.1, 0.15) is 0 Å². The van der Waals surface area contributed by atoms with Crippen molar-refractivity contribution in [1.82, 2.24) is 0 Å². The Morgan fingerprint density at radius 2 is 2.12 bits per heavy atom. The Hall–Kier alpha value is 1.22. The minimum Gasteiger partial charge on any atom is 0.0813 e. The highest BCUT2D eigenvalue weighted by Gasteiger charge is 2.01. The van der Waals surface area contributed by atoms with Crippen molar-refractivity contribution in [3.63, 3.8) is 0 Å². The van der Waals surface area contributed by atoms with Crippen LogP contribution in [-0.2, 0) is 0 Å². The lowest BCUT2D eigenvalue weighted by molar-refractivity contribution is 2.37. The van der Waals surface area contributed by atoms with Crippen LogP contribution in [0.5, 0.6) is 0 Å². The third kappa shape index (κ3) is 2.22. The molecule has 0 amide bonds. The van der Waals surface area contributed by atoms with Crippen molar-refractivity contribution in [3.8, 4) is 0 Å².